The van der Waals surface area contributed by atoms with Gasteiger partial charge in [0.1, 0.15) is 10.6 Å². The summed E-state index contributed by atoms with van der Waals surface area (Å²) in [6.45, 7) is 1.51. The number of benzene rings is 3. The zero-order valence-electron chi connectivity index (χ0n) is 22.3. The molecule has 11 heteroatoms. The normalized spacial score (nSPS) is 16.3. The maximum atomic E-state index is 12.6. The number of hydrogen-bond donors (Lipinski definition) is 2. The van der Waals surface area contributed by atoms with Gasteiger partial charge < -0.3 is 11.1 Å². The molecular formula is C31H24Br2N4O2S3. The van der Waals surface area contributed by atoms with Crippen LogP contribution in [0.4, 0.5) is 11.5 Å². The maximum Gasteiger partial charge on any atom is 0.234 e. The third-order valence-corrected chi connectivity index (χ3v) is 11.7. The molecule has 0 fully saturated rings. The van der Waals surface area contributed by atoms with Crippen LogP contribution in [0, 0.1) is 0 Å². The van der Waals surface area contributed by atoms with Crippen LogP contribution in [0.5, 0.6) is 0 Å². The third-order valence-electron chi connectivity index (χ3n) is 6.94. The molecule has 42 heavy (non-hydrogen) atoms. The number of rotatable bonds is 7. The molecule has 1 aliphatic heterocycles. The van der Waals surface area contributed by atoms with Crippen LogP contribution in [0.3, 0.4) is 0 Å². The van der Waals surface area contributed by atoms with Crippen molar-refractivity contribution in [3.8, 4) is 0 Å². The van der Waals surface area contributed by atoms with Crippen molar-refractivity contribution in [1.82, 2.24) is 9.97 Å². The Morgan fingerprint density at radius 2 is 1.60 bits per heavy atom. The fraction of sp³-hybridized carbons (Fsp3) is 0.161. The number of aromatic nitrogens is 2. The highest BCUT2D eigenvalue weighted by molar-refractivity contribution is 9.10. The van der Waals surface area contributed by atoms with E-state index >= 15 is 0 Å². The van der Waals surface area contributed by atoms with Crippen LogP contribution in [0.1, 0.15) is 49.3 Å². The summed E-state index contributed by atoms with van der Waals surface area (Å²) in [6.07, 6.45) is 0.833. The second-order valence-corrected chi connectivity index (χ2v) is 14.9. The summed E-state index contributed by atoms with van der Waals surface area (Å²) in [5, 5.41) is 4.62. The zero-order chi connectivity index (χ0) is 29.4. The lowest BCUT2D eigenvalue weighted by molar-refractivity contribution is -0.113. The number of amides is 1. The predicted octanol–water partition coefficient (Wildman–Crippen LogP) is 8.85. The molecule has 5 aromatic rings. The molecule has 0 saturated carbocycles. The number of anilines is 2. The van der Waals surface area contributed by atoms with Crippen molar-refractivity contribution in [2.45, 2.75) is 29.0 Å². The molecule has 6 rings (SSSR count). The fourth-order valence-corrected chi connectivity index (χ4v) is 9.13. The van der Waals surface area contributed by atoms with Crippen molar-refractivity contribution in [3.63, 3.8) is 0 Å². The number of Topliss-reactive ketones (excluding diaryl/α,β-unsaturated/α-hetero) is 1. The number of nitrogen functional groups attached to an aromatic ring is 1. The van der Waals surface area contributed by atoms with Gasteiger partial charge in [-0.1, -0.05) is 67.9 Å². The molecule has 3 aromatic carbocycles. The molecular weight excluding hydrogens is 716 g/mol. The van der Waals surface area contributed by atoms with Crippen molar-refractivity contribution >= 4 is 100 Å². The molecule has 0 unspecified atom stereocenters. The van der Waals surface area contributed by atoms with Crippen LogP contribution in [0.25, 0.3) is 10.2 Å². The lowest BCUT2D eigenvalue weighted by Gasteiger charge is -2.30. The first-order valence-electron chi connectivity index (χ1n) is 13.0. The molecule has 212 valence electrons. The molecule has 0 saturated heterocycles. The monoisotopic (exact) mass is 738 g/mol. The number of thioether (sulfide) groups is 2. The minimum atomic E-state index is -0.188. The maximum absolute atomic E-state index is 12.6. The van der Waals surface area contributed by atoms with Crippen molar-refractivity contribution in [1.29, 1.82) is 0 Å². The lowest BCUT2D eigenvalue weighted by atomic mass is 9.98. The Balaban J connectivity index is 1.28. The molecule has 0 spiro atoms. The number of fused-ring (bicyclic) bond motifs is 3. The molecule has 0 bridgehead atoms. The molecule has 0 aliphatic carbocycles. The van der Waals surface area contributed by atoms with E-state index in [0.717, 1.165) is 25.6 Å². The number of hydrogen-bond acceptors (Lipinski definition) is 8. The molecule has 3 heterocycles. The summed E-state index contributed by atoms with van der Waals surface area (Å²) in [5.74, 6) is 0.367. The summed E-state index contributed by atoms with van der Waals surface area (Å²) in [5.41, 5.74) is 11.5. The second kappa shape index (κ2) is 12.5. The molecule has 2 atom stereocenters. The van der Waals surface area contributed by atoms with Crippen LogP contribution in [0.15, 0.2) is 86.9 Å². The van der Waals surface area contributed by atoms with Gasteiger partial charge in [-0.15, -0.1) is 23.1 Å². The van der Waals surface area contributed by atoms with E-state index in [4.69, 9.17) is 10.7 Å². The third kappa shape index (κ3) is 6.30. The molecule has 6 nitrogen and oxygen atoms in total. The van der Waals surface area contributed by atoms with Crippen molar-refractivity contribution < 1.29 is 9.59 Å². The van der Waals surface area contributed by atoms with Crippen LogP contribution >= 0.6 is 66.7 Å². The first-order chi connectivity index (χ1) is 20.2. The van der Waals surface area contributed by atoms with E-state index < -0.39 is 0 Å². The molecule has 3 N–H and O–H groups in total. The van der Waals surface area contributed by atoms with Gasteiger partial charge in [0, 0.05) is 30.3 Å². The van der Waals surface area contributed by atoms with Crippen LogP contribution in [-0.2, 0) is 11.2 Å². The van der Waals surface area contributed by atoms with Gasteiger partial charge in [0.2, 0.25) is 5.91 Å². The van der Waals surface area contributed by atoms with E-state index in [1.807, 2.05) is 11.8 Å². The van der Waals surface area contributed by atoms with Gasteiger partial charge in [-0.3, -0.25) is 9.59 Å². The molecule has 0 radical (unpaired) electrons. The fourth-order valence-electron chi connectivity index (χ4n) is 4.88. The van der Waals surface area contributed by atoms with E-state index in [1.165, 1.54) is 40.3 Å². The average Bonchev–Trinajstić information content (AvgIpc) is 3.36. The summed E-state index contributed by atoms with van der Waals surface area (Å²) >= 11 is 12.0. The average molecular weight is 741 g/mol. The van der Waals surface area contributed by atoms with Gasteiger partial charge in [0.25, 0.3) is 0 Å². The Morgan fingerprint density at radius 3 is 2.24 bits per heavy atom. The molecule has 1 aliphatic rings. The van der Waals surface area contributed by atoms with Crippen molar-refractivity contribution in [2.75, 3.05) is 16.8 Å². The Hall–Kier alpha value is -2.70. The van der Waals surface area contributed by atoms with E-state index in [9.17, 15) is 9.59 Å². The molecule has 2 aromatic heterocycles. The topological polar surface area (TPSA) is 98.0 Å². The first-order valence-corrected chi connectivity index (χ1v) is 17.4. The number of halogens is 2. The molecule has 1 amide bonds. The van der Waals surface area contributed by atoms with Gasteiger partial charge in [-0.2, -0.15) is 0 Å². The quantitative estimate of drug-likeness (QED) is 0.0978. The van der Waals surface area contributed by atoms with Gasteiger partial charge in [-0.25, -0.2) is 9.97 Å². The second-order valence-electron chi connectivity index (χ2n) is 9.80. The number of thiophene rings is 1. The minimum Gasteiger partial charge on any atom is -0.383 e. The van der Waals surface area contributed by atoms with Gasteiger partial charge >= 0.3 is 0 Å². The number of nitrogens with one attached hydrogen (secondary N) is 1. The smallest absolute Gasteiger partial charge is 0.234 e. The minimum absolute atomic E-state index is 0.0191. The number of carbonyl (C=O) groups excluding carboxylic acids is 2. The number of ketones is 1. The lowest BCUT2D eigenvalue weighted by Crippen LogP contribution is -2.14. The van der Waals surface area contributed by atoms with Crippen LogP contribution in [0.2, 0.25) is 0 Å². The number of carbonyl (C=O) groups is 2. The summed E-state index contributed by atoms with van der Waals surface area (Å²) < 4.78 is 2.10. The number of nitrogens with zero attached hydrogens (tertiary/aromatic N) is 2. The van der Waals surface area contributed by atoms with Gasteiger partial charge in [-0.05, 0) is 78.6 Å². The summed E-state index contributed by atoms with van der Waals surface area (Å²) in [4.78, 5) is 35.7. The highest BCUT2D eigenvalue weighted by Gasteiger charge is 2.34. The van der Waals surface area contributed by atoms with Crippen LogP contribution < -0.4 is 11.1 Å². The largest absolute Gasteiger partial charge is 0.383 e. The Labute approximate surface area is 272 Å². The van der Waals surface area contributed by atoms with Gasteiger partial charge in [0.15, 0.2) is 10.9 Å². The summed E-state index contributed by atoms with van der Waals surface area (Å²) in [6, 6.07) is 23.9. The van der Waals surface area contributed by atoms with Crippen molar-refractivity contribution in [2.24, 2.45) is 0 Å². The highest BCUT2D eigenvalue weighted by Crippen LogP contribution is 2.56. The summed E-state index contributed by atoms with van der Waals surface area (Å²) in [7, 11) is 0. The van der Waals surface area contributed by atoms with E-state index in [1.54, 1.807) is 35.6 Å². The Bertz CT molecular complexity index is 1790. The van der Waals surface area contributed by atoms with Crippen molar-refractivity contribution in [3.05, 3.63) is 109 Å². The van der Waals surface area contributed by atoms with Gasteiger partial charge in [0.05, 0.1) is 16.4 Å². The Kier molecular flexibility index (Phi) is 8.74. The van der Waals surface area contributed by atoms with E-state index in [2.05, 4.69) is 90.7 Å². The highest BCUT2D eigenvalue weighted by atomic mass is 79.9. The standard InChI is InChI=1S/C31H24Br2N4O2S3/c1-16(38)17-6-12-22(13-7-17)35-25(39)15-40-31-36-29(34)26-23-14-24(18-2-8-20(32)9-3-18)41-27(28(23)42-30(26)37-31)19-4-10-21(33)11-5-19/h2-13,24,27H,14-15H2,1H3,(H,35,39)(H2,34,36,37)/t24-,27+/m1/s1. The SMILES string of the molecule is CC(=O)c1ccc(NC(=O)CSc2nc(N)c3c4c(sc3n2)[C@H](c2ccc(Br)cc2)S[C@@H](c2ccc(Br)cc2)C4)cc1. The van der Waals surface area contributed by atoms with E-state index in [-0.39, 0.29) is 27.9 Å². The predicted molar refractivity (Wildman–Crippen MR) is 182 cm³/mol. The van der Waals surface area contributed by atoms with E-state index in [0.29, 0.717) is 22.2 Å². The van der Waals surface area contributed by atoms with Crippen LogP contribution in [-0.4, -0.2) is 27.4 Å². The number of nitrogens with two attached hydrogens (primary N) is 1. The first kappa shape index (κ1) is 29.4. The zero-order valence-corrected chi connectivity index (χ0v) is 27.9. The Morgan fingerprint density at radius 1 is 0.952 bits per heavy atom.